The van der Waals surface area contributed by atoms with Crippen molar-refractivity contribution in [1.29, 1.82) is 0 Å². The fraction of sp³-hybridized carbons (Fsp3) is 0.348. The molecule has 1 aromatic heterocycles. The lowest BCUT2D eigenvalue weighted by molar-refractivity contribution is -0.132. The molecule has 0 radical (unpaired) electrons. The van der Waals surface area contributed by atoms with Gasteiger partial charge in [0.05, 0.1) is 11.8 Å². The SMILES string of the molecule is Cc1ccc(-c2noc(CN3CCN(C(=O)C(C)Sc4ccccc4)CC3)n2)cc1. The van der Waals surface area contributed by atoms with E-state index in [4.69, 9.17) is 4.52 Å². The molecule has 0 spiro atoms. The molecule has 1 atom stereocenters. The summed E-state index contributed by atoms with van der Waals surface area (Å²) in [4.78, 5) is 22.7. The van der Waals surface area contributed by atoms with Crippen molar-refractivity contribution < 1.29 is 9.32 Å². The van der Waals surface area contributed by atoms with Gasteiger partial charge >= 0.3 is 0 Å². The van der Waals surface area contributed by atoms with E-state index in [0.29, 0.717) is 18.3 Å². The molecule has 2 aromatic carbocycles. The molecule has 1 fully saturated rings. The minimum absolute atomic E-state index is 0.0908. The number of carbonyl (C=O) groups is 1. The van der Waals surface area contributed by atoms with Crippen molar-refractivity contribution in [1.82, 2.24) is 19.9 Å². The minimum Gasteiger partial charge on any atom is -0.339 e. The Kier molecular flexibility index (Phi) is 6.50. The predicted molar refractivity (Wildman–Crippen MR) is 118 cm³/mol. The summed E-state index contributed by atoms with van der Waals surface area (Å²) in [6.07, 6.45) is 0. The van der Waals surface area contributed by atoms with Gasteiger partial charge in [0.1, 0.15) is 0 Å². The average Bonchev–Trinajstić information content (AvgIpc) is 3.23. The highest BCUT2D eigenvalue weighted by Gasteiger charge is 2.26. The summed E-state index contributed by atoms with van der Waals surface area (Å²) in [5.41, 5.74) is 2.15. The third kappa shape index (κ3) is 5.09. The van der Waals surface area contributed by atoms with Crippen LogP contribution in [-0.2, 0) is 11.3 Å². The van der Waals surface area contributed by atoms with E-state index < -0.39 is 0 Å². The van der Waals surface area contributed by atoms with Gasteiger partial charge in [-0.25, -0.2) is 0 Å². The number of thioether (sulfide) groups is 1. The van der Waals surface area contributed by atoms with Gasteiger partial charge in [-0.1, -0.05) is 53.2 Å². The minimum atomic E-state index is -0.0908. The summed E-state index contributed by atoms with van der Waals surface area (Å²) >= 11 is 1.61. The molecule has 1 aliphatic heterocycles. The van der Waals surface area contributed by atoms with Crippen LogP contribution in [0.4, 0.5) is 0 Å². The first kappa shape index (κ1) is 20.6. The predicted octanol–water partition coefficient (Wildman–Crippen LogP) is 3.87. The Balaban J connectivity index is 1.27. The number of carbonyl (C=O) groups excluding carboxylic acids is 1. The lowest BCUT2D eigenvalue weighted by Gasteiger charge is -2.35. The number of aryl methyl sites for hydroxylation is 1. The second-order valence-electron chi connectivity index (χ2n) is 7.55. The van der Waals surface area contributed by atoms with Crippen LogP contribution in [0.5, 0.6) is 0 Å². The molecule has 2 heterocycles. The van der Waals surface area contributed by atoms with Crippen molar-refractivity contribution in [2.45, 2.75) is 30.5 Å². The summed E-state index contributed by atoms with van der Waals surface area (Å²) in [5, 5.41) is 4.02. The van der Waals surface area contributed by atoms with Gasteiger partial charge in [0.15, 0.2) is 0 Å². The molecule has 3 aromatic rings. The molecular formula is C23H26N4O2S. The first-order chi connectivity index (χ1) is 14.6. The van der Waals surface area contributed by atoms with Crippen LogP contribution in [0, 0.1) is 6.92 Å². The summed E-state index contributed by atoms with van der Waals surface area (Å²) in [5.74, 6) is 1.42. The zero-order valence-electron chi connectivity index (χ0n) is 17.3. The highest BCUT2D eigenvalue weighted by molar-refractivity contribution is 8.00. The molecule has 0 N–H and O–H groups in total. The van der Waals surface area contributed by atoms with Crippen molar-refractivity contribution in [3.8, 4) is 11.4 Å². The molecule has 0 saturated carbocycles. The molecule has 1 saturated heterocycles. The molecule has 7 heteroatoms. The normalized spacial score (nSPS) is 15.9. The maximum atomic E-state index is 12.8. The third-order valence-electron chi connectivity index (χ3n) is 5.22. The molecule has 1 unspecified atom stereocenters. The fourth-order valence-corrected chi connectivity index (χ4v) is 4.44. The Bertz CT molecular complexity index is 966. The Labute approximate surface area is 181 Å². The number of hydrogen-bond acceptors (Lipinski definition) is 6. The number of nitrogens with zero attached hydrogens (tertiary/aromatic N) is 4. The number of amides is 1. The number of rotatable bonds is 6. The Morgan fingerprint density at radius 2 is 1.77 bits per heavy atom. The molecule has 1 aliphatic rings. The zero-order valence-corrected chi connectivity index (χ0v) is 18.1. The number of hydrogen-bond donors (Lipinski definition) is 0. The maximum Gasteiger partial charge on any atom is 0.241 e. The first-order valence-corrected chi connectivity index (χ1v) is 11.1. The highest BCUT2D eigenvalue weighted by Crippen LogP contribution is 2.24. The average molecular weight is 423 g/mol. The quantitative estimate of drug-likeness (QED) is 0.562. The van der Waals surface area contributed by atoms with Gasteiger partial charge in [0.25, 0.3) is 0 Å². The maximum absolute atomic E-state index is 12.8. The Morgan fingerprint density at radius 1 is 1.07 bits per heavy atom. The van der Waals surface area contributed by atoms with Gasteiger partial charge in [-0.3, -0.25) is 9.69 Å². The van der Waals surface area contributed by atoms with Crippen LogP contribution in [0.15, 0.2) is 64.0 Å². The number of benzene rings is 2. The zero-order chi connectivity index (χ0) is 20.9. The summed E-state index contributed by atoms with van der Waals surface area (Å²) in [7, 11) is 0. The second kappa shape index (κ2) is 9.45. The van der Waals surface area contributed by atoms with E-state index in [1.165, 1.54) is 5.56 Å². The van der Waals surface area contributed by atoms with Crippen molar-refractivity contribution >= 4 is 17.7 Å². The van der Waals surface area contributed by atoms with E-state index in [0.717, 1.165) is 36.6 Å². The van der Waals surface area contributed by atoms with Crippen LogP contribution in [0.2, 0.25) is 0 Å². The van der Waals surface area contributed by atoms with Crippen LogP contribution in [0.1, 0.15) is 18.4 Å². The van der Waals surface area contributed by atoms with Gasteiger partial charge in [-0.05, 0) is 26.0 Å². The fourth-order valence-electron chi connectivity index (χ4n) is 3.47. The van der Waals surface area contributed by atoms with Crippen molar-refractivity contribution in [2.24, 2.45) is 0 Å². The molecule has 1 amide bonds. The van der Waals surface area contributed by atoms with Gasteiger partial charge in [0, 0.05) is 36.6 Å². The smallest absolute Gasteiger partial charge is 0.241 e. The van der Waals surface area contributed by atoms with Crippen LogP contribution < -0.4 is 0 Å². The number of aromatic nitrogens is 2. The van der Waals surface area contributed by atoms with Crippen molar-refractivity contribution in [2.75, 3.05) is 26.2 Å². The largest absolute Gasteiger partial charge is 0.339 e. The van der Waals surface area contributed by atoms with Crippen LogP contribution in [0.25, 0.3) is 11.4 Å². The molecular weight excluding hydrogens is 396 g/mol. The standard InChI is InChI=1S/C23H26N4O2S/c1-17-8-10-19(11-9-17)22-24-21(29-25-22)16-26-12-14-27(15-13-26)23(28)18(2)30-20-6-4-3-5-7-20/h3-11,18H,12-16H2,1-2H3. The van der Waals surface area contributed by atoms with E-state index in [2.05, 4.69) is 22.0 Å². The van der Waals surface area contributed by atoms with Gasteiger partial charge in [-0.2, -0.15) is 4.98 Å². The van der Waals surface area contributed by atoms with E-state index in [1.807, 2.05) is 66.4 Å². The van der Waals surface area contributed by atoms with Gasteiger partial charge < -0.3 is 9.42 Å². The molecule has 4 rings (SSSR count). The Morgan fingerprint density at radius 3 is 2.47 bits per heavy atom. The molecule has 0 aliphatic carbocycles. The Hall–Kier alpha value is -2.64. The van der Waals surface area contributed by atoms with Crippen molar-refractivity contribution in [3.63, 3.8) is 0 Å². The third-order valence-corrected chi connectivity index (χ3v) is 6.32. The van der Waals surface area contributed by atoms with E-state index in [9.17, 15) is 4.79 Å². The number of piperazine rings is 1. The summed E-state index contributed by atoms with van der Waals surface area (Å²) in [6, 6.07) is 18.2. The summed E-state index contributed by atoms with van der Waals surface area (Å²) in [6.45, 7) is 7.69. The van der Waals surface area contributed by atoms with E-state index >= 15 is 0 Å². The highest BCUT2D eigenvalue weighted by atomic mass is 32.2. The topological polar surface area (TPSA) is 62.5 Å². The molecule has 6 nitrogen and oxygen atoms in total. The monoisotopic (exact) mass is 422 g/mol. The lowest BCUT2D eigenvalue weighted by Crippen LogP contribution is -2.50. The molecule has 0 bridgehead atoms. The van der Waals surface area contributed by atoms with Gasteiger partial charge in [-0.15, -0.1) is 11.8 Å². The summed E-state index contributed by atoms with van der Waals surface area (Å²) < 4.78 is 5.44. The second-order valence-corrected chi connectivity index (χ2v) is 8.97. The first-order valence-electron chi connectivity index (χ1n) is 10.2. The van der Waals surface area contributed by atoms with Crippen LogP contribution in [-0.4, -0.2) is 57.3 Å². The van der Waals surface area contributed by atoms with Crippen LogP contribution in [0.3, 0.4) is 0 Å². The van der Waals surface area contributed by atoms with Crippen molar-refractivity contribution in [3.05, 3.63) is 66.1 Å². The van der Waals surface area contributed by atoms with Gasteiger partial charge in [0.2, 0.25) is 17.6 Å². The molecule has 30 heavy (non-hydrogen) atoms. The van der Waals surface area contributed by atoms with E-state index in [-0.39, 0.29) is 11.2 Å². The molecule has 156 valence electrons. The van der Waals surface area contributed by atoms with Crippen LogP contribution >= 0.6 is 11.8 Å². The van der Waals surface area contributed by atoms with E-state index in [1.54, 1.807) is 11.8 Å². The lowest BCUT2D eigenvalue weighted by atomic mass is 10.1.